The van der Waals surface area contributed by atoms with Crippen LogP contribution in [0, 0.1) is 5.82 Å². The van der Waals surface area contributed by atoms with Crippen molar-refractivity contribution in [3.8, 4) is 17.4 Å². The number of aromatic nitrogens is 1. The smallest absolute Gasteiger partial charge is 0.262 e. The van der Waals surface area contributed by atoms with Crippen LogP contribution in [0.5, 0.6) is 17.4 Å². The molecule has 2 rings (SSSR count). The number of halogens is 2. The molecule has 18 heavy (non-hydrogen) atoms. The Labute approximate surface area is 113 Å². The van der Waals surface area contributed by atoms with Crippen LogP contribution in [-0.4, -0.2) is 11.6 Å². The quantitative estimate of drug-likeness (QED) is 0.849. The molecular weight excluding hydrogens is 301 g/mol. The van der Waals surface area contributed by atoms with Crippen LogP contribution in [0.4, 0.5) is 4.39 Å². The first-order valence-corrected chi connectivity index (χ1v) is 6.20. The van der Waals surface area contributed by atoms with Crippen molar-refractivity contribution in [2.24, 2.45) is 0 Å². The summed E-state index contributed by atoms with van der Waals surface area (Å²) in [6.07, 6.45) is 1.61. The average Bonchev–Trinajstić information content (AvgIpc) is 2.37. The normalized spacial score (nSPS) is 10.2. The van der Waals surface area contributed by atoms with Crippen LogP contribution < -0.4 is 9.47 Å². The van der Waals surface area contributed by atoms with E-state index < -0.39 is 0 Å². The highest BCUT2D eigenvalue weighted by molar-refractivity contribution is 9.10. The second kappa shape index (κ2) is 5.82. The highest BCUT2D eigenvalue weighted by atomic mass is 79.9. The van der Waals surface area contributed by atoms with Gasteiger partial charge in [0.2, 0.25) is 0 Å². The van der Waals surface area contributed by atoms with Crippen LogP contribution >= 0.6 is 15.9 Å². The van der Waals surface area contributed by atoms with E-state index in [1.165, 1.54) is 12.1 Å². The molecule has 0 radical (unpaired) electrons. The molecule has 94 valence electrons. The average molecular weight is 312 g/mol. The second-order valence-corrected chi connectivity index (χ2v) is 4.27. The van der Waals surface area contributed by atoms with Crippen LogP contribution in [0.1, 0.15) is 6.92 Å². The van der Waals surface area contributed by atoms with Gasteiger partial charge in [0.1, 0.15) is 11.6 Å². The maximum absolute atomic E-state index is 13.1. The number of hydrogen-bond donors (Lipinski definition) is 0. The molecule has 1 aromatic carbocycles. The van der Waals surface area contributed by atoms with Crippen molar-refractivity contribution in [1.29, 1.82) is 0 Å². The molecule has 3 nitrogen and oxygen atoms in total. The highest BCUT2D eigenvalue weighted by Gasteiger charge is 2.08. The summed E-state index contributed by atoms with van der Waals surface area (Å²) in [5.74, 6) is 1.06. The zero-order chi connectivity index (χ0) is 13.0. The summed E-state index contributed by atoms with van der Waals surface area (Å²) in [6, 6.07) is 7.93. The third kappa shape index (κ3) is 2.98. The van der Waals surface area contributed by atoms with E-state index >= 15 is 0 Å². The van der Waals surface area contributed by atoms with Crippen LogP contribution in [-0.2, 0) is 0 Å². The molecule has 0 aliphatic heterocycles. The summed E-state index contributed by atoms with van der Waals surface area (Å²) < 4.78 is 24.4. The van der Waals surface area contributed by atoms with Gasteiger partial charge in [0.25, 0.3) is 5.88 Å². The van der Waals surface area contributed by atoms with Crippen molar-refractivity contribution in [2.45, 2.75) is 6.92 Å². The van der Waals surface area contributed by atoms with Gasteiger partial charge >= 0.3 is 0 Å². The topological polar surface area (TPSA) is 31.4 Å². The molecule has 0 N–H and O–H groups in total. The Hall–Kier alpha value is -1.62. The van der Waals surface area contributed by atoms with Gasteiger partial charge in [0.05, 0.1) is 11.1 Å². The molecule has 0 saturated carbocycles. The van der Waals surface area contributed by atoms with Crippen LogP contribution in [0.15, 0.2) is 41.0 Å². The second-order valence-electron chi connectivity index (χ2n) is 3.42. The largest absolute Gasteiger partial charge is 0.488 e. The minimum atomic E-state index is -0.339. The number of benzene rings is 1. The molecule has 1 aromatic heterocycles. The van der Waals surface area contributed by atoms with Crippen molar-refractivity contribution in [2.75, 3.05) is 6.61 Å². The molecule has 0 saturated heterocycles. The SMILES string of the molecule is CCOc1cccnc1Oc1ccc(F)c(Br)c1. The Bertz CT molecular complexity index is 548. The van der Waals surface area contributed by atoms with Gasteiger partial charge in [-0.15, -0.1) is 0 Å². The minimum absolute atomic E-state index is 0.339. The van der Waals surface area contributed by atoms with E-state index in [4.69, 9.17) is 9.47 Å². The first-order chi connectivity index (χ1) is 8.70. The van der Waals surface area contributed by atoms with E-state index in [1.54, 1.807) is 24.4 Å². The lowest BCUT2D eigenvalue weighted by Crippen LogP contribution is -1.96. The van der Waals surface area contributed by atoms with Crippen LogP contribution in [0.25, 0.3) is 0 Å². The summed E-state index contributed by atoms with van der Waals surface area (Å²) in [5, 5.41) is 0. The maximum atomic E-state index is 13.1. The first kappa shape index (κ1) is 12.8. The molecule has 0 atom stereocenters. The summed E-state index contributed by atoms with van der Waals surface area (Å²) in [7, 11) is 0. The number of hydrogen-bond acceptors (Lipinski definition) is 3. The predicted octanol–water partition coefficient (Wildman–Crippen LogP) is 4.17. The Balaban J connectivity index is 2.25. The summed E-state index contributed by atoms with van der Waals surface area (Å²) in [5.41, 5.74) is 0. The van der Waals surface area contributed by atoms with E-state index in [0.717, 1.165) is 0 Å². The summed E-state index contributed by atoms with van der Waals surface area (Å²) in [4.78, 5) is 4.09. The van der Waals surface area contributed by atoms with Crippen molar-refractivity contribution < 1.29 is 13.9 Å². The Morgan fingerprint density at radius 2 is 2.17 bits per heavy atom. The zero-order valence-electron chi connectivity index (χ0n) is 9.69. The van der Waals surface area contributed by atoms with Crippen molar-refractivity contribution in [1.82, 2.24) is 4.98 Å². The number of ether oxygens (including phenoxy) is 2. The summed E-state index contributed by atoms with van der Waals surface area (Å²) in [6.45, 7) is 2.40. The fraction of sp³-hybridized carbons (Fsp3) is 0.154. The molecule has 2 aromatic rings. The molecule has 0 aliphatic carbocycles. The lowest BCUT2D eigenvalue weighted by atomic mass is 10.3. The standard InChI is InChI=1S/C13H11BrFNO2/c1-2-17-12-4-3-7-16-13(12)18-9-5-6-11(15)10(14)8-9/h3-8H,2H2,1H3. The van der Waals surface area contributed by atoms with E-state index in [0.29, 0.717) is 28.5 Å². The van der Waals surface area contributed by atoms with E-state index in [9.17, 15) is 4.39 Å². The first-order valence-electron chi connectivity index (χ1n) is 5.41. The van der Waals surface area contributed by atoms with Gasteiger partial charge in [-0.3, -0.25) is 0 Å². The number of rotatable bonds is 4. The lowest BCUT2D eigenvalue weighted by Gasteiger charge is -2.10. The molecule has 0 bridgehead atoms. The summed E-state index contributed by atoms with van der Waals surface area (Å²) >= 11 is 3.10. The van der Waals surface area contributed by atoms with E-state index in [-0.39, 0.29) is 5.82 Å². The molecule has 0 spiro atoms. The van der Waals surface area contributed by atoms with Gasteiger partial charge in [-0.1, -0.05) is 0 Å². The third-order valence-corrected chi connectivity index (χ3v) is 2.75. The maximum Gasteiger partial charge on any atom is 0.262 e. The van der Waals surface area contributed by atoms with Crippen LogP contribution in [0.3, 0.4) is 0 Å². The fourth-order valence-corrected chi connectivity index (χ4v) is 1.73. The van der Waals surface area contributed by atoms with Crippen molar-refractivity contribution in [3.63, 3.8) is 0 Å². The Kier molecular flexibility index (Phi) is 4.15. The predicted molar refractivity (Wildman–Crippen MR) is 69.6 cm³/mol. The van der Waals surface area contributed by atoms with Gasteiger partial charge in [0.15, 0.2) is 5.75 Å². The molecule has 0 unspecified atom stereocenters. The highest BCUT2D eigenvalue weighted by Crippen LogP contribution is 2.30. The zero-order valence-corrected chi connectivity index (χ0v) is 11.3. The third-order valence-electron chi connectivity index (χ3n) is 2.14. The van der Waals surface area contributed by atoms with Gasteiger partial charge < -0.3 is 9.47 Å². The Morgan fingerprint density at radius 3 is 2.89 bits per heavy atom. The lowest BCUT2D eigenvalue weighted by molar-refractivity contribution is 0.316. The molecule has 5 heteroatoms. The van der Waals surface area contributed by atoms with E-state index in [2.05, 4.69) is 20.9 Å². The van der Waals surface area contributed by atoms with Gasteiger partial charge in [0, 0.05) is 6.20 Å². The fourth-order valence-electron chi connectivity index (χ4n) is 1.37. The van der Waals surface area contributed by atoms with Crippen LogP contribution in [0.2, 0.25) is 0 Å². The molecule has 0 amide bonds. The molecule has 0 fully saturated rings. The van der Waals surface area contributed by atoms with E-state index in [1.807, 2.05) is 6.92 Å². The number of nitrogens with zero attached hydrogens (tertiary/aromatic N) is 1. The van der Waals surface area contributed by atoms with Gasteiger partial charge in [-0.05, 0) is 53.2 Å². The molecule has 1 heterocycles. The Morgan fingerprint density at radius 1 is 1.33 bits per heavy atom. The molecule has 0 aliphatic rings. The van der Waals surface area contributed by atoms with Crippen molar-refractivity contribution in [3.05, 3.63) is 46.8 Å². The number of pyridine rings is 1. The van der Waals surface area contributed by atoms with Gasteiger partial charge in [-0.2, -0.15) is 0 Å². The molecular formula is C13H11BrFNO2. The van der Waals surface area contributed by atoms with Gasteiger partial charge in [-0.25, -0.2) is 9.37 Å². The minimum Gasteiger partial charge on any atom is -0.488 e. The van der Waals surface area contributed by atoms with Crippen molar-refractivity contribution >= 4 is 15.9 Å². The monoisotopic (exact) mass is 311 g/mol.